The van der Waals surface area contributed by atoms with E-state index in [1.165, 1.54) is 10.7 Å². The molecule has 0 atom stereocenters. The second-order valence-electron chi connectivity index (χ2n) is 4.65. The lowest BCUT2D eigenvalue weighted by Crippen LogP contribution is -2.07. The van der Waals surface area contributed by atoms with Crippen LogP contribution in [0.4, 0.5) is 5.69 Å². The molecule has 0 fully saturated rings. The Morgan fingerprint density at radius 1 is 1.09 bits per heavy atom. The molecule has 0 amide bonds. The summed E-state index contributed by atoms with van der Waals surface area (Å²) in [6.07, 6.45) is 0.894. The van der Waals surface area contributed by atoms with Crippen molar-refractivity contribution in [3.8, 4) is 5.75 Å². The summed E-state index contributed by atoms with van der Waals surface area (Å²) in [5.74, 6) is 0.412. The number of benzene rings is 2. The van der Waals surface area contributed by atoms with Gasteiger partial charge in [0.1, 0.15) is 5.75 Å². The molecule has 0 saturated carbocycles. The molecule has 0 unspecified atom stereocenters. The lowest BCUT2D eigenvalue weighted by atomic mass is 10.2. The number of nitrogens with one attached hydrogen (secondary N) is 1. The summed E-state index contributed by atoms with van der Waals surface area (Å²) in [6, 6.07) is 15.2. The van der Waals surface area contributed by atoms with Gasteiger partial charge in [-0.05, 0) is 77.5 Å². The van der Waals surface area contributed by atoms with E-state index in [-0.39, 0.29) is 18.4 Å². The zero-order chi connectivity index (χ0) is 15.8. The zero-order valence-electron chi connectivity index (χ0n) is 12.8. The molecule has 0 spiro atoms. The monoisotopic (exact) mass is 447 g/mol. The summed E-state index contributed by atoms with van der Waals surface area (Å²) in [6.45, 7) is 1.47. The Morgan fingerprint density at radius 2 is 1.74 bits per heavy atom. The maximum Gasteiger partial charge on any atom is 0.337 e. The van der Waals surface area contributed by atoms with Crippen molar-refractivity contribution in [1.82, 2.24) is 0 Å². The van der Waals surface area contributed by atoms with Gasteiger partial charge in [0.25, 0.3) is 0 Å². The molecule has 2 aromatic rings. The number of hydrogen-bond acceptors (Lipinski definition) is 4. The van der Waals surface area contributed by atoms with Crippen LogP contribution >= 0.6 is 35.0 Å². The first-order valence-electron chi connectivity index (χ1n) is 6.99. The second kappa shape index (κ2) is 10.3. The van der Waals surface area contributed by atoms with Crippen molar-refractivity contribution < 1.29 is 14.3 Å². The lowest BCUT2D eigenvalue weighted by Gasteiger charge is -2.08. The molecule has 1 N–H and O–H groups in total. The fourth-order valence-electron chi connectivity index (χ4n) is 1.87. The Labute approximate surface area is 156 Å². The average molecular weight is 448 g/mol. The Kier molecular flexibility index (Phi) is 8.79. The van der Waals surface area contributed by atoms with Crippen molar-refractivity contribution in [1.29, 1.82) is 0 Å². The van der Waals surface area contributed by atoms with E-state index in [0.717, 1.165) is 24.4 Å². The van der Waals surface area contributed by atoms with Gasteiger partial charge in [-0.2, -0.15) is 0 Å². The molecule has 0 aliphatic rings. The van der Waals surface area contributed by atoms with E-state index in [2.05, 4.69) is 56.9 Å². The second-order valence-corrected chi connectivity index (χ2v) is 5.90. The first-order valence-corrected chi connectivity index (χ1v) is 8.07. The van der Waals surface area contributed by atoms with Crippen molar-refractivity contribution in [3.05, 3.63) is 57.7 Å². The summed E-state index contributed by atoms with van der Waals surface area (Å²) >= 11 is 2.29. The van der Waals surface area contributed by atoms with Crippen molar-refractivity contribution in [3.63, 3.8) is 0 Å². The standard InChI is InChI=1S/C17H18INO3.ClH/c1-21-17(20)13-3-9-16(10-4-13)22-12-2-11-19-15-7-5-14(18)6-8-15;/h3-10,19H,2,11-12H2,1H3;1H. The molecular weight excluding hydrogens is 429 g/mol. The molecule has 0 heterocycles. The lowest BCUT2D eigenvalue weighted by molar-refractivity contribution is 0.0600. The molecule has 2 aromatic carbocycles. The fourth-order valence-corrected chi connectivity index (χ4v) is 2.23. The summed E-state index contributed by atoms with van der Waals surface area (Å²) in [4.78, 5) is 11.3. The number of esters is 1. The van der Waals surface area contributed by atoms with Crippen molar-refractivity contribution in [2.75, 3.05) is 25.6 Å². The Bertz CT molecular complexity index is 602. The number of methoxy groups -OCH3 is 1. The highest BCUT2D eigenvalue weighted by Gasteiger charge is 2.04. The van der Waals surface area contributed by atoms with Gasteiger partial charge in [-0.3, -0.25) is 0 Å². The smallest absolute Gasteiger partial charge is 0.337 e. The van der Waals surface area contributed by atoms with E-state index >= 15 is 0 Å². The van der Waals surface area contributed by atoms with Gasteiger partial charge < -0.3 is 14.8 Å². The van der Waals surface area contributed by atoms with Crippen molar-refractivity contribution >= 4 is 46.7 Å². The first kappa shape index (κ1) is 19.6. The van der Waals surface area contributed by atoms with Gasteiger partial charge in [0.05, 0.1) is 19.3 Å². The number of hydrogen-bond donors (Lipinski definition) is 1. The maximum atomic E-state index is 11.3. The minimum atomic E-state index is -0.340. The SMILES string of the molecule is COC(=O)c1ccc(OCCCNc2ccc(I)cc2)cc1.Cl. The molecule has 0 bridgehead atoms. The van der Waals surface area contributed by atoms with Crippen LogP contribution in [0, 0.1) is 3.57 Å². The minimum Gasteiger partial charge on any atom is -0.494 e. The first-order chi connectivity index (χ1) is 10.7. The highest BCUT2D eigenvalue weighted by Crippen LogP contribution is 2.14. The molecular formula is C17H19ClINO3. The number of ether oxygens (including phenoxy) is 2. The molecule has 6 heteroatoms. The van der Waals surface area contributed by atoms with Gasteiger partial charge in [-0.15, -0.1) is 12.4 Å². The van der Waals surface area contributed by atoms with Gasteiger partial charge in [0.15, 0.2) is 0 Å². The molecule has 23 heavy (non-hydrogen) atoms. The van der Waals surface area contributed by atoms with Crippen molar-refractivity contribution in [2.24, 2.45) is 0 Å². The van der Waals surface area contributed by atoms with E-state index in [1.807, 2.05) is 0 Å². The minimum absolute atomic E-state index is 0. The third-order valence-electron chi connectivity index (χ3n) is 3.04. The topological polar surface area (TPSA) is 47.6 Å². The molecule has 2 rings (SSSR count). The van der Waals surface area contributed by atoms with Crippen LogP contribution in [0.1, 0.15) is 16.8 Å². The number of carbonyl (C=O) groups excluding carboxylic acids is 1. The Hall–Kier alpha value is -1.47. The van der Waals surface area contributed by atoms with Crippen LogP contribution in [0.3, 0.4) is 0 Å². The molecule has 0 saturated heterocycles. The fraction of sp³-hybridized carbons (Fsp3) is 0.235. The van der Waals surface area contributed by atoms with Gasteiger partial charge in [-0.25, -0.2) is 4.79 Å². The quantitative estimate of drug-likeness (QED) is 0.389. The Balaban J connectivity index is 0.00000264. The third-order valence-corrected chi connectivity index (χ3v) is 3.76. The van der Waals surface area contributed by atoms with E-state index in [0.29, 0.717) is 12.2 Å². The Morgan fingerprint density at radius 3 is 2.35 bits per heavy atom. The van der Waals surface area contributed by atoms with E-state index < -0.39 is 0 Å². The normalized spacial score (nSPS) is 9.65. The van der Waals surface area contributed by atoms with E-state index in [4.69, 9.17) is 4.74 Å². The summed E-state index contributed by atoms with van der Waals surface area (Å²) in [7, 11) is 1.37. The summed E-state index contributed by atoms with van der Waals surface area (Å²) < 4.78 is 11.5. The van der Waals surface area contributed by atoms with Crippen LogP contribution < -0.4 is 10.1 Å². The van der Waals surface area contributed by atoms with E-state index in [1.54, 1.807) is 24.3 Å². The molecule has 4 nitrogen and oxygen atoms in total. The molecule has 0 aliphatic heterocycles. The third kappa shape index (κ3) is 6.66. The average Bonchev–Trinajstić information content (AvgIpc) is 2.56. The molecule has 0 aliphatic carbocycles. The number of rotatable bonds is 7. The molecule has 0 aromatic heterocycles. The predicted octanol–water partition coefficient (Wildman–Crippen LogP) is 4.38. The van der Waals surface area contributed by atoms with Crippen LogP contribution in [-0.2, 0) is 4.74 Å². The number of anilines is 1. The zero-order valence-corrected chi connectivity index (χ0v) is 15.7. The molecule has 124 valence electrons. The van der Waals surface area contributed by atoms with Crippen LogP contribution in [0.25, 0.3) is 0 Å². The van der Waals surface area contributed by atoms with Crippen LogP contribution in [-0.4, -0.2) is 26.2 Å². The number of halogens is 2. The largest absolute Gasteiger partial charge is 0.494 e. The maximum absolute atomic E-state index is 11.3. The van der Waals surface area contributed by atoms with Gasteiger partial charge >= 0.3 is 5.97 Å². The van der Waals surface area contributed by atoms with Gasteiger partial charge in [0.2, 0.25) is 0 Å². The summed E-state index contributed by atoms with van der Waals surface area (Å²) in [5, 5.41) is 3.35. The van der Waals surface area contributed by atoms with E-state index in [9.17, 15) is 4.79 Å². The van der Waals surface area contributed by atoms with Crippen LogP contribution in [0.2, 0.25) is 0 Å². The summed E-state index contributed by atoms with van der Waals surface area (Å²) in [5.41, 5.74) is 1.64. The van der Waals surface area contributed by atoms with Crippen LogP contribution in [0.5, 0.6) is 5.75 Å². The number of carbonyl (C=O) groups is 1. The predicted molar refractivity (Wildman–Crippen MR) is 103 cm³/mol. The highest BCUT2D eigenvalue weighted by molar-refractivity contribution is 14.1. The molecule has 0 radical (unpaired) electrons. The van der Waals surface area contributed by atoms with Gasteiger partial charge in [0, 0.05) is 15.8 Å². The van der Waals surface area contributed by atoms with Crippen molar-refractivity contribution in [2.45, 2.75) is 6.42 Å². The highest BCUT2D eigenvalue weighted by atomic mass is 127. The van der Waals surface area contributed by atoms with Gasteiger partial charge in [-0.1, -0.05) is 0 Å². The van der Waals surface area contributed by atoms with Crippen LogP contribution in [0.15, 0.2) is 48.5 Å².